The van der Waals surface area contributed by atoms with Crippen molar-refractivity contribution in [3.63, 3.8) is 0 Å². The van der Waals surface area contributed by atoms with Gasteiger partial charge in [-0.05, 0) is 37.5 Å². The number of ether oxygens (including phenoxy) is 1. The van der Waals surface area contributed by atoms with Crippen LogP contribution >= 0.6 is 0 Å². The summed E-state index contributed by atoms with van der Waals surface area (Å²) < 4.78 is 5.08. The molecule has 1 heterocycles. The molecule has 1 N–H and O–H groups in total. The Morgan fingerprint density at radius 3 is 2.73 bits per heavy atom. The van der Waals surface area contributed by atoms with Gasteiger partial charge in [-0.3, -0.25) is 19.7 Å². The highest BCUT2D eigenvalue weighted by Gasteiger charge is 2.25. The number of para-hydroxylation sites is 1. The largest absolute Gasteiger partial charge is 0.454 e. The first-order valence-electron chi connectivity index (χ1n) is 9.47. The second kappa shape index (κ2) is 9.17. The molecule has 0 saturated carbocycles. The monoisotopic (exact) mass is 411 g/mol. The molecule has 9 nitrogen and oxygen atoms in total. The minimum absolute atomic E-state index is 0.0462. The lowest BCUT2D eigenvalue weighted by atomic mass is 10.0. The van der Waals surface area contributed by atoms with Crippen LogP contribution in [0.2, 0.25) is 0 Å². The SMILES string of the molecule is C[C@H](NC(=O)c1cccc([N+](=O)[O-])c1)C(=O)OCC(=O)N1CCCc2ccccc21. The molecule has 2 amide bonds. The summed E-state index contributed by atoms with van der Waals surface area (Å²) in [7, 11) is 0. The second-order valence-corrected chi connectivity index (χ2v) is 6.89. The fraction of sp³-hybridized carbons (Fsp3) is 0.286. The Hall–Kier alpha value is -3.75. The van der Waals surface area contributed by atoms with Crippen LogP contribution in [-0.2, 0) is 20.7 Å². The van der Waals surface area contributed by atoms with E-state index in [0.717, 1.165) is 30.2 Å². The molecule has 30 heavy (non-hydrogen) atoms. The molecule has 9 heteroatoms. The molecule has 156 valence electrons. The van der Waals surface area contributed by atoms with Crippen molar-refractivity contribution >= 4 is 29.2 Å². The third-order valence-electron chi connectivity index (χ3n) is 4.77. The molecule has 1 atom stereocenters. The van der Waals surface area contributed by atoms with Crippen LogP contribution in [-0.4, -0.2) is 41.9 Å². The van der Waals surface area contributed by atoms with E-state index in [1.807, 2.05) is 24.3 Å². The summed E-state index contributed by atoms with van der Waals surface area (Å²) in [5, 5.41) is 13.2. The molecule has 3 rings (SSSR count). The van der Waals surface area contributed by atoms with Crippen molar-refractivity contribution in [1.82, 2.24) is 5.32 Å². The van der Waals surface area contributed by atoms with Crippen LogP contribution in [0.15, 0.2) is 48.5 Å². The predicted octanol–water partition coefficient (Wildman–Crippen LogP) is 2.24. The van der Waals surface area contributed by atoms with E-state index in [-0.39, 0.29) is 17.2 Å². The number of aryl methyl sites for hydroxylation is 1. The number of amides is 2. The minimum Gasteiger partial charge on any atom is -0.454 e. The van der Waals surface area contributed by atoms with Crippen LogP contribution < -0.4 is 10.2 Å². The van der Waals surface area contributed by atoms with Gasteiger partial charge in [-0.1, -0.05) is 24.3 Å². The van der Waals surface area contributed by atoms with Gasteiger partial charge in [-0.15, -0.1) is 0 Å². The number of non-ortho nitro benzene ring substituents is 1. The molecule has 2 aromatic rings. The molecule has 0 fully saturated rings. The molecule has 0 radical (unpaired) electrons. The Kier molecular flexibility index (Phi) is 6.41. The van der Waals surface area contributed by atoms with Crippen LogP contribution in [0.4, 0.5) is 11.4 Å². The van der Waals surface area contributed by atoms with E-state index in [9.17, 15) is 24.5 Å². The van der Waals surface area contributed by atoms with Gasteiger partial charge in [0.15, 0.2) is 6.61 Å². The molecule has 0 aliphatic carbocycles. The van der Waals surface area contributed by atoms with E-state index in [4.69, 9.17) is 4.74 Å². The van der Waals surface area contributed by atoms with Crippen LogP contribution in [0.1, 0.15) is 29.3 Å². The van der Waals surface area contributed by atoms with Gasteiger partial charge in [-0.2, -0.15) is 0 Å². The Morgan fingerprint density at radius 2 is 1.97 bits per heavy atom. The van der Waals surface area contributed by atoms with E-state index >= 15 is 0 Å². The predicted molar refractivity (Wildman–Crippen MR) is 108 cm³/mol. The van der Waals surface area contributed by atoms with Gasteiger partial charge in [0, 0.05) is 29.9 Å². The first kappa shape index (κ1) is 21.0. The van der Waals surface area contributed by atoms with E-state index in [1.165, 1.54) is 25.1 Å². The minimum atomic E-state index is -1.03. The topological polar surface area (TPSA) is 119 Å². The lowest BCUT2D eigenvalue weighted by Crippen LogP contribution is -2.42. The highest BCUT2D eigenvalue weighted by molar-refractivity contribution is 5.98. The van der Waals surface area contributed by atoms with Gasteiger partial charge < -0.3 is 15.0 Å². The highest BCUT2D eigenvalue weighted by Crippen LogP contribution is 2.26. The highest BCUT2D eigenvalue weighted by atomic mass is 16.6. The number of carbonyl (C=O) groups is 3. The molecule has 0 bridgehead atoms. The van der Waals surface area contributed by atoms with Gasteiger partial charge in [0.1, 0.15) is 6.04 Å². The Morgan fingerprint density at radius 1 is 1.20 bits per heavy atom. The molecule has 1 aliphatic heterocycles. The molecule has 0 spiro atoms. The summed E-state index contributed by atoms with van der Waals surface area (Å²) in [6.45, 7) is 1.52. The summed E-state index contributed by atoms with van der Waals surface area (Å²) in [5.74, 6) is -1.76. The van der Waals surface area contributed by atoms with E-state index < -0.39 is 29.4 Å². The van der Waals surface area contributed by atoms with Gasteiger partial charge >= 0.3 is 5.97 Å². The number of esters is 1. The van der Waals surface area contributed by atoms with Gasteiger partial charge in [0.05, 0.1) is 4.92 Å². The average Bonchev–Trinajstić information content (AvgIpc) is 2.76. The summed E-state index contributed by atoms with van der Waals surface area (Å²) >= 11 is 0. The number of nitrogens with one attached hydrogen (secondary N) is 1. The van der Waals surface area contributed by atoms with Crippen molar-refractivity contribution in [2.75, 3.05) is 18.1 Å². The first-order valence-corrected chi connectivity index (χ1v) is 9.47. The summed E-state index contributed by atoms with van der Waals surface area (Å²) in [6.07, 6.45) is 1.72. The maximum Gasteiger partial charge on any atom is 0.328 e. The molecule has 2 aromatic carbocycles. The molecule has 0 saturated heterocycles. The smallest absolute Gasteiger partial charge is 0.328 e. The van der Waals surface area contributed by atoms with Crippen LogP contribution in [0, 0.1) is 10.1 Å². The van der Waals surface area contributed by atoms with Crippen molar-refractivity contribution in [2.24, 2.45) is 0 Å². The number of hydrogen-bond acceptors (Lipinski definition) is 6. The van der Waals surface area contributed by atoms with Crippen molar-refractivity contribution in [1.29, 1.82) is 0 Å². The van der Waals surface area contributed by atoms with E-state index in [2.05, 4.69) is 5.32 Å². The van der Waals surface area contributed by atoms with Crippen molar-refractivity contribution in [3.05, 3.63) is 69.8 Å². The zero-order chi connectivity index (χ0) is 21.7. The zero-order valence-corrected chi connectivity index (χ0v) is 16.4. The van der Waals surface area contributed by atoms with E-state index in [1.54, 1.807) is 4.90 Å². The summed E-state index contributed by atoms with van der Waals surface area (Å²) in [5.41, 5.74) is 1.70. The Bertz CT molecular complexity index is 990. The summed E-state index contributed by atoms with van der Waals surface area (Å²) in [6, 6.07) is 11.7. The third-order valence-corrected chi connectivity index (χ3v) is 4.77. The van der Waals surface area contributed by atoms with Gasteiger partial charge in [-0.25, -0.2) is 4.79 Å². The van der Waals surface area contributed by atoms with Crippen LogP contribution in [0.25, 0.3) is 0 Å². The molecule has 0 unspecified atom stereocenters. The van der Waals surface area contributed by atoms with Crippen molar-refractivity contribution < 1.29 is 24.0 Å². The number of nitro groups is 1. The quantitative estimate of drug-likeness (QED) is 0.442. The molecular weight excluding hydrogens is 390 g/mol. The van der Waals surface area contributed by atoms with E-state index in [0.29, 0.717) is 6.54 Å². The standard InChI is InChI=1S/C21H21N3O6/c1-14(22-20(26)16-7-4-9-17(12-16)24(28)29)21(27)30-13-19(25)23-11-5-8-15-6-2-3-10-18(15)23/h2-4,6-7,9-10,12,14H,5,8,11,13H2,1H3,(H,22,26)/t14-/m0/s1. The van der Waals surface area contributed by atoms with Crippen molar-refractivity contribution in [3.8, 4) is 0 Å². The number of nitrogens with zero attached hydrogens (tertiary/aromatic N) is 2. The fourth-order valence-electron chi connectivity index (χ4n) is 3.23. The Labute approximate surface area is 172 Å². The van der Waals surface area contributed by atoms with Crippen LogP contribution in [0.3, 0.4) is 0 Å². The number of benzene rings is 2. The number of rotatable bonds is 6. The lowest BCUT2D eigenvalue weighted by molar-refractivity contribution is -0.384. The second-order valence-electron chi connectivity index (χ2n) is 6.89. The van der Waals surface area contributed by atoms with Crippen LogP contribution in [0.5, 0.6) is 0 Å². The average molecular weight is 411 g/mol. The summed E-state index contributed by atoms with van der Waals surface area (Å²) in [4.78, 5) is 48.8. The lowest BCUT2D eigenvalue weighted by Gasteiger charge is -2.29. The number of nitro benzene ring substituents is 1. The number of carbonyl (C=O) groups excluding carboxylic acids is 3. The number of fused-ring (bicyclic) bond motifs is 1. The normalized spacial score (nSPS) is 13.7. The number of anilines is 1. The molecule has 0 aromatic heterocycles. The van der Waals surface area contributed by atoms with Gasteiger partial charge in [0.25, 0.3) is 17.5 Å². The van der Waals surface area contributed by atoms with Crippen molar-refractivity contribution in [2.45, 2.75) is 25.8 Å². The maximum atomic E-state index is 12.5. The maximum absolute atomic E-state index is 12.5. The zero-order valence-electron chi connectivity index (χ0n) is 16.4. The third kappa shape index (κ3) is 4.80. The number of hydrogen-bond donors (Lipinski definition) is 1. The molecular formula is C21H21N3O6. The Balaban J connectivity index is 1.55. The van der Waals surface area contributed by atoms with Gasteiger partial charge in [0.2, 0.25) is 0 Å². The fourth-order valence-corrected chi connectivity index (χ4v) is 3.23. The first-order chi connectivity index (χ1) is 14.4. The molecule has 1 aliphatic rings.